The van der Waals surface area contributed by atoms with Gasteiger partial charge in [-0.15, -0.1) is 0 Å². The number of rotatable bonds is 8. The molecule has 0 radical (unpaired) electrons. The molecule has 0 unspecified atom stereocenters. The number of nitriles is 1. The first-order valence-electron chi connectivity index (χ1n) is 9.55. The van der Waals surface area contributed by atoms with Crippen molar-refractivity contribution in [2.45, 2.75) is 13.0 Å². The Kier molecular flexibility index (Phi) is 8.16. The fourth-order valence-corrected chi connectivity index (χ4v) is 3.65. The lowest BCUT2D eigenvalue weighted by molar-refractivity contribution is -0.120. The molecule has 0 spiro atoms. The molecule has 8 heteroatoms. The van der Waals surface area contributed by atoms with Crippen LogP contribution in [0.2, 0.25) is 0 Å². The lowest BCUT2D eigenvalue weighted by Gasteiger charge is -2.14. The van der Waals surface area contributed by atoms with E-state index in [9.17, 15) is 14.4 Å². The third-order valence-corrected chi connectivity index (χ3v) is 5.24. The highest BCUT2D eigenvalue weighted by atomic mass is 127. The fourth-order valence-electron chi connectivity index (χ4n) is 2.87. The van der Waals surface area contributed by atoms with Gasteiger partial charge in [-0.05, 0) is 64.0 Å². The minimum absolute atomic E-state index is 0.0927. The lowest BCUT2D eigenvalue weighted by atomic mass is 10.1. The first-order chi connectivity index (χ1) is 15.5. The molecule has 0 bridgehead atoms. The molecule has 0 aliphatic carbocycles. The Bertz CT molecular complexity index is 1170. The number of ether oxygens (including phenoxy) is 2. The molecule has 0 aliphatic rings. The zero-order valence-corrected chi connectivity index (χ0v) is 19.3. The van der Waals surface area contributed by atoms with Crippen molar-refractivity contribution in [2.75, 3.05) is 7.11 Å². The summed E-state index contributed by atoms with van der Waals surface area (Å²) >= 11 is 2.13. The molecular weight excluding hydrogens is 524 g/mol. The van der Waals surface area contributed by atoms with Crippen LogP contribution in [0.25, 0.3) is 0 Å². The molecule has 1 amide bonds. The second kappa shape index (κ2) is 11.2. The number of hydrogen-bond donors (Lipinski definition) is 1. The van der Waals surface area contributed by atoms with Crippen LogP contribution in [-0.4, -0.2) is 19.2 Å². The van der Waals surface area contributed by atoms with Gasteiger partial charge >= 0.3 is 0 Å². The summed E-state index contributed by atoms with van der Waals surface area (Å²) in [5, 5.41) is 13.2. The number of halogens is 2. The Morgan fingerprint density at radius 1 is 1.22 bits per heavy atom. The van der Waals surface area contributed by atoms with Crippen molar-refractivity contribution >= 4 is 34.7 Å². The van der Waals surface area contributed by atoms with Crippen molar-refractivity contribution in [3.05, 3.63) is 92.3 Å². The standard InChI is InChI=1S/C24H19FIN3O3/c1-31-22-11-17(14-28-29-23(30)12-16-6-8-20(25)9-7-16)10-21(26)24(22)32-15-19-5-3-2-4-18(19)13-27/h2-11,14H,12,15H2,1H3,(H,29,30)/b28-14+. The van der Waals surface area contributed by atoms with Gasteiger partial charge in [-0.1, -0.05) is 30.3 Å². The Hall–Kier alpha value is -3.45. The molecule has 0 aliphatic heterocycles. The summed E-state index contributed by atoms with van der Waals surface area (Å²) < 4.78 is 25.1. The van der Waals surface area contributed by atoms with E-state index in [-0.39, 0.29) is 24.8 Å². The molecule has 32 heavy (non-hydrogen) atoms. The van der Waals surface area contributed by atoms with Gasteiger partial charge in [-0.2, -0.15) is 10.4 Å². The fraction of sp³-hybridized carbons (Fsp3) is 0.125. The van der Waals surface area contributed by atoms with E-state index in [4.69, 9.17) is 9.47 Å². The molecule has 1 N–H and O–H groups in total. The van der Waals surface area contributed by atoms with Crippen molar-refractivity contribution in [1.29, 1.82) is 5.26 Å². The molecule has 0 saturated heterocycles. The van der Waals surface area contributed by atoms with Gasteiger partial charge in [0.25, 0.3) is 0 Å². The van der Waals surface area contributed by atoms with Crippen LogP contribution in [0.1, 0.15) is 22.3 Å². The van der Waals surface area contributed by atoms with E-state index >= 15 is 0 Å². The van der Waals surface area contributed by atoms with Crippen LogP contribution in [0.4, 0.5) is 4.39 Å². The number of nitrogens with zero attached hydrogens (tertiary/aromatic N) is 2. The summed E-state index contributed by atoms with van der Waals surface area (Å²) in [5.41, 5.74) is 5.19. The highest BCUT2D eigenvalue weighted by Crippen LogP contribution is 2.34. The maximum Gasteiger partial charge on any atom is 0.244 e. The van der Waals surface area contributed by atoms with E-state index in [1.165, 1.54) is 25.5 Å². The number of carbonyl (C=O) groups excluding carboxylic acids is 1. The van der Waals surface area contributed by atoms with Crippen LogP contribution in [0.3, 0.4) is 0 Å². The van der Waals surface area contributed by atoms with Crippen LogP contribution in [0.15, 0.2) is 65.8 Å². The first-order valence-corrected chi connectivity index (χ1v) is 10.6. The van der Waals surface area contributed by atoms with Gasteiger partial charge in [0, 0.05) is 5.56 Å². The monoisotopic (exact) mass is 543 g/mol. The van der Waals surface area contributed by atoms with Crippen molar-refractivity contribution in [2.24, 2.45) is 5.10 Å². The van der Waals surface area contributed by atoms with E-state index in [0.29, 0.717) is 28.2 Å². The average Bonchev–Trinajstić information content (AvgIpc) is 2.79. The maximum atomic E-state index is 12.9. The third-order valence-electron chi connectivity index (χ3n) is 4.44. The Morgan fingerprint density at radius 2 is 1.97 bits per heavy atom. The molecule has 0 saturated carbocycles. The summed E-state index contributed by atoms with van der Waals surface area (Å²) in [6.45, 7) is 0.225. The van der Waals surface area contributed by atoms with E-state index in [1.807, 2.05) is 18.2 Å². The number of nitrogens with one attached hydrogen (secondary N) is 1. The average molecular weight is 543 g/mol. The Labute approximate surface area is 198 Å². The number of benzene rings is 3. The zero-order valence-electron chi connectivity index (χ0n) is 17.1. The molecule has 162 valence electrons. The SMILES string of the molecule is COc1cc(/C=N/NC(=O)Cc2ccc(F)cc2)cc(I)c1OCc1ccccc1C#N. The van der Waals surface area contributed by atoms with Gasteiger partial charge in [0.15, 0.2) is 11.5 Å². The molecule has 3 rings (SSSR count). The summed E-state index contributed by atoms with van der Waals surface area (Å²) in [6, 6.07) is 18.7. The smallest absolute Gasteiger partial charge is 0.244 e. The number of amides is 1. The molecule has 6 nitrogen and oxygen atoms in total. The van der Waals surface area contributed by atoms with Gasteiger partial charge in [0.2, 0.25) is 5.91 Å². The molecule has 0 fully saturated rings. The summed E-state index contributed by atoms with van der Waals surface area (Å²) in [4.78, 5) is 12.0. The normalized spacial score (nSPS) is 10.6. The molecule has 0 aromatic heterocycles. The minimum atomic E-state index is -0.350. The molecule has 0 atom stereocenters. The quantitative estimate of drug-likeness (QED) is 0.256. The summed E-state index contributed by atoms with van der Waals surface area (Å²) in [5.74, 6) is 0.395. The van der Waals surface area contributed by atoms with Crippen LogP contribution in [-0.2, 0) is 17.8 Å². The van der Waals surface area contributed by atoms with Gasteiger partial charge in [-0.3, -0.25) is 4.79 Å². The van der Waals surface area contributed by atoms with Gasteiger partial charge in [-0.25, -0.2) is 9.82 Å². The van der Waals surface area contributed by atoms with Crippen LogP contribution >= 0.6 is 22.6 Å². The van der Waals surface area contributed by atoms with Crippen LogP contribution < -0.4 is 14.9 Å². The lowest BCUT2D eigenvalue weighted by Crippen LogP contribution is -2.19. The van der Waals surface area contributed by atoms with Gasteiger partial charge in [0.1, 0.15) is 12.4 Å². The van der Waals surface area contributed by atoms with Crippen LogP contribution in [0.5, 0.6) is 11.5 Å². The second-order valence-electron chi connectivity index (χ2n) is 6.69. The number of carbonyl (C=O) groups is 1. The maximum absolute atomic E-state index is 12.9. The number of methoxy groups -OCH3 is 1. The predicted octanol–water partition coefficient (Wildman–Crippen LogP) is 4.58. The molecule has 3 aromatic carbocycles. The highest BCUT2D eigenvalue weighted by molar-refractivity contribution is 14.1. The van der Waals surface area contributed by atoms with Crippen LogP contribution in [0, 0.1) is 20.7 Å². The predicted molar refractivity (Wildman–Crippen MR) is 127 cm³/mol. The first kappa shape index (κ1) is 23.2. The van der Waals surface area contributed by atoms with Crippen molar-refractivity contribution in [3.63, 3.8) is 0 Å². The van der Waals surface area contributed by atoms with Gasteiger partial charge in [0.05, 0.1) is 34.9 Å². The van der Waals surface area contributed by atoms with E-state index < -0.39 is 0 Å². The Morgan fingerprint density at radius 3 is 2.69 bits per heavy atom. The largest absolute Gasteiger partial charge is 0.493 e. The highest BCUT2D eigenvalue weighted by Gasteiger charge is 2.12. The number of hydrogen-bond acceptors (Lipinski definition) is 5. The molecule has 3 aromatic rings. The van der Waals surface area contributed by atoms with Crippen molar-refractivity contribution in [1.82, 2.24) is 5.43 Å². The summed E-state index contributed by atoms with van der Waals surface area (Å²) in [6.07, 6.45) is 1.59. The molecular formula is C24H19FIN3O3. The molecule has 0 heterocycles. The summed E-state index contributed by atoms with van der Waals surface area (Å²) in [7, 11) is 1.53. The van der Waals surface area contributed by atoms with Crippen molar-refractivity contribution < 1.29 is 18.7 Å². The Balaban J connectivity index is 1.65. The second-order valence-corrected chi connectivity index (χ2v) is 7.85. The van der Waals surface area contributed by atoms with E-state index in [2.05, 4.69) is 39.2 Å². The zero-order chi connectivity index (χ0) is 22.9. The van der Waals surface area contributed by atoms with Gasteiger partial charge < -0.3 is 9.47 Å². The number of hydrazone groups is 1. The van der Waals surface area contributed by atoms with E-state index in [1.54, 1.807) is 30.3 Å². The topological polar surface area (TPSA) is 83.7 Å². The third kappa shape index (κ3) is 6.28. The van der Waals surface area contributed by atoms with E-state index in [0.717, 1.165) is 9.13 Å². The minimum Gasteiger partial charge on any atom is -0.493 e. The van der Waals surface area contributed by atoms with Crippen molar-refractivity contribution in [3.8, 4) is 17.6 Å².